The second-order valence-corrected chi connectivity index (χ2v) is 10.0. The minimum Gasteiger partial charge on any atom is -0.371 e. The number of pyridine rings is 2. The number of aromatic amines is 2. The van der Waals surface area contributed by atoms with Crippen molar-refractivity contribution in [3.63, 3.8) is 0 Å². The molecule has 1 fully saturated rings. The maximum atomic E-state index is 4.68. The molecule has 190 valence electrons. The van der Waals surface area contributed by atoms with E-state index in [4.69, 9.17) is 0 Å². The number of piperidine rings is 1. The second kappa shape index (κ2) is 10.5. The molecule has 5 heterocycles. The Morgan fingerprint density at radius 3 is 2.68 bits per heavy atom. The van der Waals surface area contributed by atoms with E-state index in [1.807, 2.05) is 18.5 Å². The number of allylic oxidation sites excluding steroid dienone is 3. The van der Waals surface area contributed by atoms with Crippen molar-refractivity contribution in [2.45, 2.75) is 40.0 Å². The normalized spacial score (nSPS) is 14.4. The summed E-state index contributed by atoms with van der Waals surface area (Å²) >= 11 is 0. The number of likely N-dealkylation sites (tertiary alicyclic amines) is 1. The highest BCUT2D eigenvalue weighted by Gasteiger charge is 2.20. The number of fused-ring (bicyclic) bond motifs is 1. The Hall–Kier alpha value is -4.13. The average molecular weight is 494 g/mol. The Morgan fingerprint density at radius 1 is 1.11 bits per heavy atom. The first-order valence-electron chi connectivity index (χ1n) is 13.0. The first-order chi connectivity index (χ1) is 17.9. The van der Waals surface area contributed by atoms with Gasteiger partial charge in [-0.3, -0.25) is 15.1 Å². The molecule has 0 amide bonds. The number of hydrogen-bond acceptors (Lipinski definition) is 5. The van der Waals surface area contributed by atoms with Gasteiger partial charge in [-0.15, -0.1) is 0 Å². The number of nitrogens with zero attached hydrogens (tertiary/aromatic N) is 4. The van der Waals surface area contributed by atoms with Crippen molar-refractivity contribution in [3.8, 4) is 22.6 Å². The monoisotopic (exact) mass is 493 g/mol. The van der Waals surface area contributed by atoms with Crippen molar-refractivity contribution in [1.29, 1.82) is 0 Å². The summed E-state index contributed by atoms with van der Waals surface area (Å²) in [5.74, 6) is 0.331. The summed E-state index contributed by atoms with van der Waals surface area (Å²) in [4.78, 5) is 15.2. The van der Waals surface area contributed by atoms with Crippen LogP contribution >= 0.6 is 0 Å². The third kappa shape index (κ3) is 5.07. The molecule has 7 nitrogen and oxygen atoms in total. The highest BCUT2D eigenvalue weighted by Crippen LogP contribution is 2.33. The average Bonchev–Trinajstić information content (AvgIpc) is 3.50. The van der Waals surface area contributed by atoms with Crippen molar-refractivity contribution in [2.75, 3.05) is 18.4 Å². The van der Waals surface area contributed by atoms with Gasteiger partial charge >= 0.3 is 0 Å². The predicted molar refractivity (Wildman–Crippen MR) is 153 cm³/mol. The van der Waals surface area contributed by atoms with E-state index in [1.165, 1.54) is 30.5 Å². The highest BCUT2D eigenvalue weighted by atomic mass is 15.1. The molecule has 4 aromatic rings. The van der Waals surface area contributed by atoms with Crippen LogP contribution in [0.5, 0.6) is 0 Å². The van der Waals surface area contributed by atoms with Crippen molar-refractivity contribution in [3.05, 3.63) is 79.1 Å². The van der Waals surface area contributed by atoms with Gasteiger partial charge in [-0.05, 0) is 56.4 Å². The summed E-state index contributed by atoms with van der Waals surface area (Å²) in [6.07, 6.45) is 13.2. The third-order valence-electron chi connectivity index (χ3n) is 7.00. The lowest BCUT2D eigenvalue weighted by Gasteiger charge is -2.31. The molecule has 0 radical (unpaired) electrons. The van der Waals surface area contributed by atoms with E-state index in [0.717, 1.165) is 63.7 Å². The minimum absolute atomic E-state index is 0.331. The number of aryl methyl sites for hydroxylation is 1. The van der Waals surface area contributed by atoms with Crippen molar-refractivity contribution >= 4 is 22.3 Å². The Bertz CT molecular complexity index is 1460. The maximum absolute atomic E-state index is 4.68. The van der Waals surface area contributed by atoms with E-state index in [-0.39, 0.29) is 0 Å². The number of hydrogen-bond donors (Lipinski definition) is 3. The summed E-state index contributed by atoms with van der Waals surface area (Å²) in [5.41, 5.74) is 9.89. The van der Waals surface area contributed by atoms with Crippen LogP contribution in [-0.4, -0.2) is 43.1 Å². The zero-order valence-corrected chi connectivity index (χ0v) is 21.9. The molecule has 0 aliphatic carbocycles. The molecule has 5 rings (SSSR count). The van der Waals surface area contributed by atoms with Crippen LogP contribution in [-0.2, 0) is 0 Å². The number of aromatic nitrogens is 5. The first-order valence-corrected chi connectivity index (χ1v) is 13.0. The number of rotatable bonds is 8. The number of H-pyrrole nitrogens is 2. The smallest absolute Gasteiger partial charge is 0.116 e. The van der Waals surface area contributed by atoms with Gasteiger partial charge in [0.15, 0.2) is 0 Å². The van der Waals surface area contributed by atoms with Gasteiger partial charge in [-0.25, -0.2) is 0 Å². The Morgan fingerprint density at radius 2 is 1.92 bits per heavy atom. The molecule has 0 spiro atoms. The lowest BCUT2D eigenvalue weighted by atomic mass is 10.1. The third-order valence-corrected chi connectivity index (χ3v) is 7.00. The highest BCUT2D eigenvalue weighted by molar-refractivity contribution is 5.94. The summed E-state index contributed by atoms with van der Waals surface area (Å²) in [6.45, 7) is 16.6. The van der Waals surface area contributed by atoms with Crippen LogP contribution in [0.15, 0.2) is 67.8 Å². The van der Waals surface area contributed by atoms with E-state index in [0.29, 0.717) is 5.92 Å². The van der Waals surface area contributed by atoms with E-state index in [1.54, 1.807) is 6.20 Å². The molecule has 1 saturated heterocycles. The molecular formula is C30H35N7. The summed E-state index contributed by atoms with van der Waals surface area (Å²) in [7, 11) is 0. The van der Waals surface area contributed by atoms with E-state index in [2.05, 4.69) is 93.6 Å². The van der Waals surface area contributed by atoms with Crippen molar-refractivity contribution in [2.24, 2.45) is 5.92 Å². The first kappa shape index (κ1) is 24.6. The zero-order valence-electron chi connectivity index (χ0n) is 21.9. The molecule has 1 aliphatic rings. The molecule has 0 unspecified atom stereocenters. The van der Waals surface area contributed by atoms with Gasteiger partial charge in [-0.2, -0.15) is 5.10 Å². The van der Waals surface area contributed by atoms with Gasteiger partial charge in [-0.1, -0.05) is 33.1 Å². The minimum atomic E-state index is 0.331. The molecule has 1 aliphatic heterocycles. The van der Waals surface area contributed by atoms with Crippen LogP contribution in [0.3, 0.4) is 0 Å². The van der Waals surface area contributed by atoms with Gasteiger partial charge in [0.25, 0.3) is 0 Å². The predicted octanol–water partition coefficient (Wildman–Crippen LogP) is 6.92. The molecular weight excluding hydrogens is 458 g/mol. The van der Waals surface area contributed by atoms with Crippen molar-refractivity contribution < 1.29 is 0 Å². The Balaban J connectivity index is 1.50. The lowest BCUT2D eigenvalue weighted by Crippen LogP contribution is -2.28. The zero-order chi connectivity index (χ0) is 25.9. The Labute approximate surface area is 218 Å². The van der Waals surface area contributed by atoms with Crippen LogP contribution in [0.1, 0.15) is 44.4 Å². The molecule has 3 N–H and O–H groups in total. The summed E-state index contributed by atoms with van der Waals surface area (Å²) in [5, 5.41) is 12.2. The van der Waals surface area contributed by atoms with Crippen LogP contribution in [0.4, 0.5) is 5.69 Å². The number of nitrogens with one attached hydrogen (secondary N) is 3. The second-order valence-electron chi connectivity index (χ2n) is 10.0. The van der Waals surface area contributed by atoms with Crippen LogP contribution in [0.25, 0.3) is 39.2 Å². The molecule has 0 aromatic carbocycles. The summed E-state index contributed by atoms with van der Waals surface area (Å²) in [6, 6.07) is 6.34. The van der Waals surface area contributed by atoms with Crippen LogP contribution in [0, 0.1) is 12.8 Å². The molecule has 0 atom stereocenters. The maximum Gasteiger partial charge on any atom is 0.116 e. The standard InChI is InChI=1S/C30H35N7/c1-6-10-29(37-11-8-7-9-12-37)24-14-27(34-21(24)5)30-25-15-26(32-18-28(25)35-36-30)22-13-23(17-31-16-22)33-20(4)19(2)3/h6,10,13-19,33-34H,1,4,7-9,11-12H2,2-3,5H3,(H,35,36)/b29-10+. The SMILES string of the molecule is C=C/C=C(\c1cc(-c2n[nH]c3cnc(-c4cncc(NC(=C)C(C)C)c4)cc23)[nH]c1C)N1CCCCC1. The lowest BCUT2D eigenvalue weighted by molar-refractivity contribution is 0.326. The van der Waals surface area contributed by atoms with Gasteiger partial charge < -0.3 is 15.2 Å². The quantitative estimate of drug-likeness (QED) is 0.232. The molecule has 4 aromatic heterocycles. The summed E-state index contributed by atoms with van der Waals surface area (Å²) < 4.78 is 0. The van der Waals surface area contributed by atoms with Crippen LogP contribution in [0.2, 0.25) is 0 Å². The molecule has 0 bridgehead atoms. The fourth-order valence-corrected chi connectivity index (χ4v) is 4.82. The fraction of sp³-hybridized carbons (Fsp3) is 0.300. The molecule has 37 heavy (non-hydrogen) atoms. The Kier molecular flexibility index (Phi) is 6.95. The fourth-order valence-electron chi connectivity index (χ4n) is 4.82. The van der Waals surface area contributed by atoms with E-state index >= 15 is 0 Å². The van der Waals surface area contributed by atoms with Crippen molar-refractivity contribution in [1.82, 2.24) is 30.0 Å². The molecule has 7 heteroatoms. The van der Waals surface area contributed by atoms with Gasteiger partial charge in [0.1, 0.15) is 5.69 Å². The van der Waals surface area contributed by atoms with E-state index in [9.17, 15) is 0 Å². The topological polar surface area (TPSA) is 85.5 Å². The van der Waals surface area contributed by atoms with E-state index < -0.39 is 0 Å². The van der Waals surface area contributed by atoms with Crippen LogP contribution < -0.4 is 5.32 Å². The van der Waals surface area contributed by atoms with Gasteiger partial charge in [0, 0.05) is 52.9 Å². The number of anilines is 1. The largest absolute Gasteiger partial charge is 0.371 e. The van der Waals surface area contributed by atoms with Gasteiger partial charge in [0.2, 0.25) is 0 Å². The van der Waals surface area contributed by atoms with Gasteiger partial charge in [0.05, 0.1) is 35.0 Å². The molecule has 0 saturated carbocycles.